The van der Waals surface area contributed by atoms with E-state index in [0.717, 1.165) is 36.6 Å². The van der Waals surface area contributed by atoms with Gasteiger partial charge in [0.25, 0.3) is 0 Å². The Bertz CT molecular complexity index is 598. The van der Waals surface area contributed by atoms with Gasteiger partial charge in [0.2, 0.25) is 5.91 Å². The third-order valence-electron chi connectivity index (χ3n) is 6.91. The maximum Gasteiger partial charge on any atom is 0.241 e. The van der Waals surface area contributed by atoms with E-state index in [1.54, 1.807) is 0 Å². The van der Waals surface area contributed by atoms with Gasteiger partial charge in [0.05, 0.1) is 0 Å². The second kappa shape index (κ2) is 5.34. The van der Waals surface area contributed by atoms with E-state index >= 15 is 0 Å². The van der Waals surface area contributed by atoms with Gasteiger partial charge in [0, 0.05) is 12.6 Å². The summed E-state index contributed by atoms with van der Waals surface area (Å²) in [5.41, 5.74) is 2.51. The van der Waals surface area contributed by atoms with Crippen LogP contribution in [-0.2, 0) is 11.2 Å². The van der Waals surface area contributed by atoms with Crippen molar-refractivity contribution < 1.29 is 4.79 Å². The van der Waals surface area contributed by atoms with Crippen molar-refractivity contribution in [1.29, 1.82) is 0 Å². The van der Waals surface area contributed by atoms with Crippen molar-refractivity contribution in [1.82, 2.24) is 10.6 Å². The van der Waals surface area contributed by atoms with E-state index in [1.165, 1.54) is 43.2 Å². The summed E-state index contributed by atoms with van der Waals surface area (Å²) < 4.78 is 0. The first-order chi connectivity index (χ1) is 11.3. The van der Waals surface area contributed by atoms with Crippen LogP contribution >= 0.6 is 0 Å². The Balaban J connectivity index is 1.35. The normalized spacial score (nSPS) is 40.7. The SMILES string of the molecule is O=C(NC1C2CC3CC(C2)CC1C3)C1NCCc2ccccc21. The molecule has 0 aromatic heterocycles. The zero-order valence-electron chi connectivity index (χ0n) is 13.6. The lowest BCUT2D eigenvalue weighted by Gasteiger charge is -2.54. The predicted molar refractivity (Wildman–Crippen MR) is 89.9 cm³/mol. The van der Waals surface area contributed by atoms with E-state index < -0.39 is 0 Å². The molecule has 4 bridgehead atoms. The van der Waals surface area contributed by atoms with Crippen LogP contribution in [-0.4, -0.2) is 18.5 Å². The smallest absolute Gasteiger partial charge is 0.241 e. The lowest BCUT2D eigenvalue weighted by molar-refractivity contribution is -0.127. The van der Waals surface area contributed by atoms with Crippen molar-refractivity contribution in [2.24, 2.45) is 23.7 Å². The molecule has 4 fully saturated rings. The van der Waals surface area contributed by atoms with Crippen molar-refractivity contribution in [3.05, 3.63) is 35.4 Å². The van der Waals surface area contributed by atoms with Crippen LogP contribution < -0.4 is 10.6 Å². The molecule has 23 heavy (non-hydrogen) atoms. The summed E-state index contributed by atoms with van der Waals surface area (Å²) in [6.45, 7) is 0.900. The molecule has 5 aliphatic rings. The third-order valence-corrected chi connectivity index (χ3v) is 6.91. The van der Waals surface area contributed by atoms with Crippen molar-refractivity contribution in [3.8, 4) is 0 Å². The van der Waals surface area contributed by atoms with Crippen LogP contribution in [0.5, 0.6) is 0 Å². The average Bonchev–Trinajstić information content (AvgIpc) is 2.57. The molecule has 1 aromatic rings. The zero-order valence-corrected chi connectivity index (χ0v) is 13.6. The maximum atomic E-state index is 13.0. The molecule has 122 valence electrons. The second-order valence-corrected chi connectivity index (χ2v) is 8.30. The van der Waals surface area contributed by atoms with Gasteiger partial charge in [-0.3, -0.25) is 4.79 Å². The van der Waals surface area contributed by atoms with Crippen molar-refractivity contribution in [2.45, 2.75) is 50.6 Å². The molecule has 4 saturated carbocycles. The van der Waals surface area contributed by atoms with Gasteiger partial charge in [-0.15, -0.1) is 0 Å². The number of carbonyl (C=O) groups is 1. The first kappa shape index (κ1) is 14.0. The topological polar surface area (TPSA) is 41.1 Å². The number of amides is 1. The monoisotopic (exact) mass is 310 g/mol. The fraction of sp³-hybridized carbons (Fsp3) is 0.650. The molecule has 1 amide bonds. The van der Waals surface area contributed by atoms with Crippen LogP contribution in [0.4, 0.5) is 0 Å². The molecule has 1 aromatic carbocycles. The molecule has 0 spiro atoms. The van der Waals surface area contributed by atoms with Crippen LogP contribution in [0.3, 0.4) is 0 Å². The summed E-state index contributed by atoms with van der Waals surface area (Å²) in [6.07, 6.45) is 7.90. The Hall–Kier alpha value is -1.35. The summed E-state index contributed by atoms with van der Waals surface area (Å²) >= 11 is 0. The van der Waals surface area contributed by atoms with E-state index in [4.69, 9.17) is 0 Å². The van der Waals surface area contributed by atoms with Crippen molar-refractivity contribution >= 4 is 5.91 Å². The standard InChI is InChI=1S/C20H26N2O/c23-20(19-17-4-2-1-3-14(17)5-6-21-19)22-18-15-8-12-7-13(10-15)11-16(18)9-12/h1-4,12-13,15-16,18-19,21H,5-11H2,(H,22,23). The minimum Gasteiger partial charge on any atom is -0.351 e. The van der Waals surface area contributed by atoms with Gasteiger partial charge in [-0.25, -0.2) is 0 Å². The Morgan fingerprint density at radius 1 is 1.00 bits per heavy atom. The molecular weight excluding hydrogens is 284 g/mol. The van der Waals surface area contributed by atoms with Crippen LogP contribution in [0.25, 0.3) is 0 Å². The molecule has 4 aliphatic carbocycles. The minimum atomic E-state index is -0.155. The van der Waals surface area contributed by atoms with Gasteiger partial charge < -0.3 is 10.6 Å². The largest absolute Gasteiger partial charge is 0.351 e. The Morgan fingerprint density at radius 3 is 2.43 bits per heavy atom. The molecule has 1 heterocycles. The zero-order chi connectivity index (χ0) is 15.4. The Kier molecular flexibility index (Phi) is 3.26. The first-order valence-corrected chi connectivity index (χ1v) is 9.39. The van der Waals surface area contributed by atoms with Crippen LogP contribution in [0.15, 0.2) is 24.3 Å². The highest BCUT2D eigenvalue weighted by molar-refractivity contribution is 5.84. The molecule has 2 N–H and O–H groups in total. The maximum absolute atomic E-state index is 13.0. The molecule has 0 saturated heterocycles. The summed E-state index contributed by atoms with van der Waals surface area (Å²) in [5.74, 6) is 3.61. The number of carbonyl (C=O) groups excluding carboxylic acids is 1. The molecule has 1 atom stereocenters. The van der Waals surface area contributed by atoms with Crippen LogP contribution in [0.1, 0.15) is 49.3 Å². The number of fused-ring (bicyclic) bond motifs is 1. The molecule has 6 rings (SSSR count). The Morgan fingerprint density at radius 2 is 1.70 bits per heavy atom. The summed E-state index contributed by atoms with van der Waals surface area (Å²) in [4.78, 5) is 13.0. The van der Waals surface area contributed by atoms with Gasteiger partial charge in [0.15, 0.2) is 0 Å². The fourth-order valence-electron chi connectivity index (χ4n) is 6.15. The first-order valence-electron chi connectivity index (χ1n) is 9.39. The molecular formula is C20H26N2O. The van der Waals surface area contributed by atoms with Gasteiger partial charge in [-0.05, 0) is 73.3 Å². The summed E-state index contributed by atoms with van der Waals surface area (Å²) in [7, 11) is 0. The molecule has 3 heteroatoms. The van der Waals surface area contributed by atoms with Crippen molar-refractivity contribution in [3.63, 3.8) is 0 Å². The second-order valence-electron chi connectivity index (χ2n) is 8.30. The van der Waals surface area contributed by atoms with Gasteiger partial charge in [-0.2, -0.15) is 0 Å². The van der Waals surface area contributed by atoms with Crippen LogP contribution in [0.2, 0.25) is 0 Å². The number of hydrogen-bond donors (Lipinski definition) is 2. The van der Waals surface area contributed by atoms with Gasteiger partial charge >= 0.3 is 0 Å². The van der Waals surface area contributed by atoms with E-state index in [0.29, 0.717) is 6.04 Å². The Labute approximate surface area is 138 Å². The molecule has 3 nitrogen and oxygen atoms in total. The van der Waals surface area contributed by atoms with Gasteiger partial charge in [0.1, 0.15) is 6.04 Å². The molecule has 0 radical (unpaired) electrons. The minimum absolute atomic E-state index is 0.155. The van der Waals surface area contributed by atoms with Crippen LogP contribution in [0, 0.1) is 23.7 Å². The summed E-state index contributed by atoms with van der Waals surface area (Å²) in [6, 6.07) is 8.69. The average molecular weight is 310 g/mol. The third kappa shape index (κ3) is 2.32. The van der Waals surface area contributed by atoms with E-state index in [-0.39, 0.29) is 11.9 Å². The lowest BCUT2D eigenvalue weighted by Crippen LogP contribution is -2.57. The highest BCUT2D eigenvalue weighted by Gasteiger charge is 2.49. The quantitative estimate of drug-likeness (QED) is 0.882. The summed E-state index contributed by atoms with van der Waals surface area (Å²) in [5, 5.41) is 6.91. The van der Waals surface area contributed by atoms with Gasteiger partial charge in [-0.1, -0.05) is 24.3 Å². The highest BCUT2D eigenvalue weighted by atomic mass is 16.2. The predicted octanol–water partition coefficient (Wildman–Crippen LogP) is 2.81. The molecule has 1 aliphatic heterocycles. The molecule has 1 unspecified atom stereocenters. The fourth-order valence-corrected chi connectivity index (χ4v) is 6.15. The number of nitrogens with one attached hydrogen (secondary N) is 2. The highest BCUT2D eigenvalue weighted by Crippen LogP contribution is 2.53. The van der Waals surface area contributed by atoms with Crippen molar-refractivity contribution in [2.75, 3.05) is 6.54 Å². The van der Waals surface area contributed by atoms with E-state index in [1.807, 2.05) is 0 Å². The van der Waals surface area contributed by atoms with E-state index in [2.05, 4.69) is 34.9 Å². The number of hydrogen-bond acceptors (Lipinski definition) is 2. The lowest BCUT2D eigenvalue weighted by atomic mass is 9.54. The number of benzene rings is 1. The number of rotatable bonds is 2. The van der Waals surface area contributed by atoms with E-state index in [9.17, 15) is 4.79 Å².